The topological polar surface area (TPSA) is 174 Å². The summed E-state index contributed by atoms with van der Waals surface area (Å²) in [5.74, 6) is -4.17. The molecule has 1 amide bonds. The van der Waals surface area contributed by atoms with E-state index in [1.54, 1.807) is 13.0 Å². The molecule has 4 aromatic rings. The number of halogens is 3. The Balaban J connectivity index is 1.48. The van der Waals surface area contributed by atoms with E-state index in [2.05, 4.69) is 20.7 Å². The fourth-order valence-electron chi connectivity index (χ4n) is 4.74. The molecule has 0 unspecified atom stereocenters. The number of anilines is 3. The first-order valence-electron chi connectivity index (χ1n) is 13.4. The van der Waals surface area contributed by atoms with Crippen molar-refractivity contribution < 1.29 is 40.4 Å². The molecule has 1 fully saturated rings. The number of nitrogens with zero attached hydrogens (tertiary/aromatic N) is 2. The second-order valence-corrected chi connectivity index (χ2v) is 12.1. The van der Waals surface area contributed by atoms with Gasteiger partial charge in [0.1, 0.15) is 40.5 Å². The molecular formula is C28H29F3N6O6S. The van der Waals surface area contributed by atoms with Gasteiger partial charge in [0, 0.05) is 30.3 Å². The third-order valence-corrected chi connectivity index (χ3v) is 8.33. The number of rotatable bonds is 11. The molecule has 1 aliphatic heterocycles. The number of alkyl halides is 2. The Morgan fingerprint density at radius 2 is 1.84 bits per heavy atom. The summed E-state index contributed by atoms with van der Waals surface area (Å²) in [5, 5.41) is 13.9. The Bertz CT molecular complexity index is 1750. The number of hydrogen-bond donors (Lipinski definition) is 4. The number of hydrogen-bond acceptors (Lipinski definition) is 9. The van der Waals surface area contributed by atoms with Crippen LogP contribution in [0, 0.1) is 5.82 Å². The standard InChI is InChI=1S/C28H29F3N6O6S/c1-15(16-3-6-18(29)7-4-16)42-20-13-17(5-8-19(20)37-44(39,40)27(30)31)24-23(25(32)38)26(35-34-24)33-22-14-21(43-36-22)28(2)9-11-41-12-10-28/h3-8,13-15,27,37H,9-12H2,1-2H3,(H2,32,38)(H2,33,34,35,36)/t15-/m0/s1. The van der Waals surface area contributed by atoms with Crippen LogP contribution in [0.2, 0.25) is 0 Å². The van der Waals surface area contributed by atoms with Crippen LogP contribution < -0.4 is 20.5 Å². The summed E-state index contributed by atoms with van der Waals surface area (Å²) in [4.78, 5) is 12.6. The molecule has 5 rings (SSSR count). The molecule has 0 bridgehead atoms. The number of benzene rings is 2. The van der Waals surface area contributed by atoms with Crippen molar-refractivity contribution >= 4 is 33.3 Å². The van der Waals surface area contributed by atoms with Crippen molar-refractivity contribution in [3.8, 4) is 17.0 Å². The summed E-state index contributed by atoms with van der Waals surface area (Å²) in [6, 6.07) is 10.9. The van der Waals surface area contributed by atoms with Crippen LogP contribution in [0.1, 0.15) is 54.5 Å². The molecule has 2 aromatic heterocycles. The van der Waals surface area contributed by atoms with E-state index < -0.39 is 33.6 Å². The minimum absolute atomic E-state index is 0.0580. The van der Waals surface area contributed by atoms with Crippen LogP contribution in [0.4, 0.5) is 30.5 Å². The number of nitrogens with two attached hydrogens (primary N) is 1. The number of amides is 1. The van der Waals surface area contributed by atoms with Crippen LogP contribution in [-0.4, -0.2) is 48.7 Å². The van der Waals surface area contributed by atoms with Gasteiger partial charge in [-0.15, -0.1) is 0 Å². The van der Waals surface area contributed by atoms with E-state index in [4.69, 9.17) is 19.7 Å². The minimum atomic E-state index is -5.06. The monoisotopic (exact) mass is 634 g/mol. The molecule has 1 atom stereocenters. The van der Waals surface area contributed by atoms with Gasteiger partial charge >= 0.3 is 5.76 Å². The number of aromatic nitrogens is 3. The van der Waals surface area contributed by atoms with Crippen molar-refractivity contribution in [3.05, 3.63) is 71.2 Å². The summed E-state index contributed by atoms with van der Waals surface area (Å²) in [5.41, 5.74) is 5.89. The zero-order valence-electron chi connectivity index (χ0n) is 23.6. The smallest absolute Gasteiger partial charge is 0.355 e. The van der Waals surface area contributed by atoms with Crippen LogP contribution in [-0.2, 0) is 20.2 Å². The van der Waals surface area contributed by atoms with Crippen LogP contribution in [0.5, 0.6) is 5.75 Å². The average molecular weight is 635 g/mol. The normalized spacial score (nSPS) is 15.6. The van der Waals surface area contributed by atoms with Crippen LogP contribution in [0.3, 0.4) is 0 Å². The molecule has 3 heterocycles. The Morgan fingerprint density at radius 1 is 1.14 bits per heavy atom. The molecule has 2 aromatic carbocycles. The van der Waals surface area contributed by atoms with E-state index >= 15 is 0 Å². The van der Waals surface area contributed by atoms with Crippen molar-refractivity contribution in [1.82, 2.24) is 15.4 Å². The Hall–Kier alpha value is -4.57. The van der Waals surface area contributed by atoms with Crippen LogP contribution in [0.25, 0.3) is 11.3 Å². The Kier molecular flexibility index (Phi) is 8.56. The van der Waals surface area contributed by atoms with Gasteiger partial charge in [0.25, 0.3) is 15.9 Å². The number of H-pyrrole nitrogens is 1. The summed E-state index contributed by atoms with van der Waals surface area (Å²) >= 11 is 0. The first-order valence-corrected chi connectivity index (χ1v) is 15.0. The number of nitrogens with one attached hydrogen (secondary N) is 3. The van der Waals surface area contributed by atoms with E-state index in [1.807, 2.05) is 11.6 Å². The summed E-state index contributed by atoms with van der Waals surface area (Å²) in [6.07, 6.45) is 0.720. The van der Waals surface area contributed by atoms with Crippen molar-refractivity contribution in [1.29, 1.82) is 0 Å². The zero-order valence-corrected chi connectivity index (χ0v) is 24.4. The molecule has 0 spiro atoms. The van der Waals surface area contributed by atoms with Gasteiger partial charge in [-0.25, -0.2) is 12.8 Å². The van der Waals surface area contributed by atoms with Gasteiger partial charge in [0.05, 0.1) is 5.69 Å². The minimum Gasteiger partial charge on any atom is -0.484 e. The first-order chi connectivity index (χ1) is 20.9. The fourth-order valence-corrected chi connectivity index (χ4v) is 5.30. The third kappa shape index (κ3) is 6.50. The van der Waals surface area contributed by atoms with E-state index in [1.165, 1.54) is 42.5 Å². The van der Waals surface area contributed by atoms with Crippen molar-refractivity contribution in [2.24, 2.45) is 5.73 Å². The molecule has 5 N–H and O–H groups in total. The van der Waals surface area contributed by atoms with Crippen molar-refractivity contribution in [2.75, 3.05) is 23.3 Å². The Morgan fingerprint density at radius 3 is 2.50 bits per heavy atom. The van der Waals surface area contributed by atoms with Crippen LogP contribution in [0.15, 0.2) is 53.1 Å². The van der Waals surface area contributed by atoms with E-state index in [-0.39, 0.29) is 39.5 Å². The maximum Gasteiger partial charge on any atom is 0.355 e. The molecule has 1 saturated heterocycles. The number of primary amides is 1. The van der Waals surface area contributed by atoms with E-state index in [0.717, 1.165) is 12.8 Å². The molecule has 1 aliphatic rings. The number of carbonyl (C=O) groups is 1. The number of carbonyl (C=O) groups excluding carboxylic acids is 1. The summed E-state index contributed by atoms with van der Waals surface area (Å²) in [7, 11) is -5.06. The van der Waals surface area contributed by atoms with Gasteiger partial charge in [0.15, 0.2) is 5.82 Å². The van der Waals surface area contributed by atoms with Crippen molar-refractivity contribution in [2.45, 2.75) is 44.0 Å². The van der Waals surface area contributed by atoms with Gasteiger partial charge in [-0.2, -0.15) is 13.9 Å². The molecule has 0 aliphatic carbocycles. The van der Waals surface area contributed by atoms with Gasteiger partial charge in [0.2, 0.25) is 0 Å². The molecule has 16 heteroatoms. The zero-order chi connectivity index (χ0) is 31.6. The highest BCUT2D eigenvalue weighted by Gasteiger charge is 2.34. The molecule has 0 saturated carbocycles. The lowest BCUT2D eigenvalue weighted by Crippen LogP contribution is -2.30. The van der Waals surface area contributed by atoms with Crippen molar-refractivity contribution in [3.63, 3.8) is 0 Å². The second-order valence-electron chi connectivity index (χ2n) is 10.5. The molecule has 0 radical (unpaired) electrons. The van der Waals surface area contributed by atoms with Gasteiger partial charge in [-0.3, -0.25) is 14.6 Å². The predicted molar refractivity (Wildman–Crippen MR) is 154 cm³/mol. The maximum atomic E-state index is 13.4. The number of aromatic amines is 1. The van der Waals surface area contributed by atoms with Gasteiger partial charge in [-0.1, -0.05) is 30.3 Å². The largest absolute Gasteiger partial charge is 0.484 e. The summed E-state index contributed by atoms with van der Waals surface area (Å²) < 4.78 is 82.5. The predicted octanol–water partition coefficient (Wildman–Crippen LogP) is 5.22. The molecule has 44 heavy (non-hydrogen) atoms. The second kappa shape index (κ2) is 12.2. The quantitative estimate of drug-likeness (QED) is 0.172. The number of sulfonamides is 1. The first kappa shape index (κ1) is 30.9. The summed E-state index contributed by atoms with van der Waals surface area (Å²) in [6.45, 7) is 4.83. The van der Waals surface area contributed by atoms with Gasteiger partial charge in [-0.05, 0) is 49.6 Å². The fraction of sp³-hybridized carbons (Fsp3) is 0.321. The van der Waals surface area contributed by atoms with Gasteiger partial charge < -0.3 is 25.0 Å². The molecule has 234 valence electrons. The lowest BCUT2D eigenvalue weighted by molar-refractivity contribution is 0.0467. The van der Waals surface area contributed by atoms with Crippen LogP contribution >= 0.6 is 0 Å². The SMILES string of the molecule is C[C@H](Oc1cc(-c2n[nH]c(Nc3cc(C4(C)CCOCC4)on3)c2C(N)=O)ccc1NS(=O)(=O)C(F)F)c1ccc(F)cc1. The third-order valence-electron chi connectivity index (χ3n) is 7.35. The van der Waals surface area contributed by atoms with E-state index in [9.17, 15) is 26.4 Å². The van der Waals surface area contributed by atoms with E-state index in [0.29, 0.717) is 30.4 Å². The highest BCUT2D eigenvalue weighted by Crippen LogP contribution is 2.38. The molecule has 12 nitrogen and oxygen atoms in total. The lowest BCUT2D eigenvalue weighted by Gasteiger charge is -2.30. The average Bonchev–Trinajstić information content (AvgIpc) is 3.63. The Labute approximate surface area is 250 Å². The maximum absolute atomic E-state index is 13.4. The lowest BCUT2D eigenvalue weighted by atomic mass is 9.80. The molecular weight excluding hydrogens is 605 g/mol. The number of ether oxygens (including phenoxy) is 2. The highest BCUT2D eigenvalue weighted by atomic mass is 32.2. The highest BCUT2D eigenvalue weighted by molar-refractivity contribution is 7.93.